The normalized spacial score (nSPS) is 13.8. The number of nitrogens with one attached hydrogen (secondary N) is 1. The van der Waals surface area contributed by atoms with E-state index in [1.807, 2.05) is 116 Å². The lowest BCUT2D eigenvalue weighted by Crippen LogP contribution is -2.44. The molecule has 4 aromatic rings. The molecule has 52 heavy (non-hydrogen) atoms. The Labute approximate surface area is 309 Å². The topological polar surface area (TPSA) is 97.3 Å². The Hall–Kier alpha value is -5.50. The summed E-state index contributed by atoms with van der Waals surface area (Å²) in [6.07, 6.45) is 4.94. The molecule has 0 spiro atoms. The number of carbonyl (C=O) groups is 3. The van der Waals surface area contributed by atoms with Crippen molar-refractivity contribution in [1.82, 2.24) is 5.32 Å². The molecule has 0 saturated carbocycles. The number of benzene rings is 4. The maximum atomic E-state index is 13.6. The Kier molecular flexibility index (Phi) is 17.6. The van der Waals surface area contributed by atoms with Crippen molar-refractivity contribution in [2.24, 2.45) is 16.8 Å². The van der Waals surface area contributed by atoms with Crippen molar-refractivity contribution in [3.63, 3.8) is 0 Å². The summed E-state index contributed by atoms with van der Waals surface area (Å²) in [5, 5.41) is 2.58. The van der Waals surface area contributed by atoms with E-state index in [-0.39, 0.29) is 18.4 Å². The van der Waals surface area contributed by atoms with Crippen LogP contribution in [0.15, 0.2) is 127 Å². The van der Waals surface area contributed by atoms with Gasteiger partial charge in [0.2, 0.25) is 12.6 Å². The molecule has 5 rings (SSSR count). The molecule has 2 unspecified atom stereocenters. The van der Waals surface area contributed by atoms with Gasteiger partial charge in [0.25, 0.3) is 5.91 Å². The van der Waals surface area contributed by atoms with Crippen LogP contribution in [0.25, 0.3) is 0 Å². The Morgan fingerprint density at radius 2 is 1.56 bits per heavy atom. The zero-order valence-electron chi connectivity index (χ0n) is 31.2. The first-order valence-electron chi connectivity index (χ1n) is 18.0. The molecule has 8 heteroatoms. The average Bonchev–Trinajstić information content (AvgIpc) is 3.24. The molecule has 0 radical (unpaired) electrons. The highest BCUT2D eigenvalue weighted by atomic mass is 16.5. The number of hydrogen-bond donors (Lipinski definition) is 1. The van der Waals surface area contributed by atoms with Crippen molar-refractivity contribution in [2.45, 2.75) is 73.0 Å². The molecule has 0 aliphatic carbocycles. The van der Waals surface area contributed by atoms with Gasteiger partial charge >= 0.3 is 5.97 Å². The van der Waals surface area contributed by atoms with Crippen LogP contribution in [0.5, 0.6) is 11.5 Å². The first-order valence-corrected chi connectivity index (χ1v) is 18.0. The van der Waals surface area contributed by atoms with E-state index in [9.17, 15) is 14.4 Å². The van der Waals surface area contributed by atoms with Crippen molar-refractivity contribution in [1.29, 1.82) is 0 Å². The zero-order valence-corrected chi connectivity index (χ0v) is 31.2. The number of esters is 1. The zero-order chi connectivity index (χ0) is 37.7. The molecule has 0 fully saturated rings. The van der Waals surface area contributed by atoms with Crippen LogP contribution < -0.4 is 15.0 Å². The quantitative estimate of drug-likeness (QED) is 0.0611. The van der Waals surface area contributed by atoms with Gasteiger partial charge in [0.15, 0.2) is 0 Å². The molecule has 0 saturated heterocycles. The first-order chi connectivity index (χ1) is 25.2. The minimum atomic E-state index is -1.04. The molecule has 2 atom stereocenters. The van der Waals surface area contributed by atoms with Crippen molar-refractivity contribution in [2.75, 3.05) is 11.5 Å². The number of nitrogens with zero attached hydrogens (tertiary/aromatic N) is 2. The van der Waals surface area contributed by atoms with E-state index in [0.717, 1.165) is 47.4 Å². The van der Waals surface area contributed by atoms with Crippen LogP contribution >= 0.6 is 0 Å². The third-order valence-corrected chi connectivity index (χ3v) is 7.85. The third-order valence-electron chi connectivity index (χ3n) is 7.85. The van der Waals surface area contributed by atoms with Crippen LogP contribution in [0.1, 0.15) is 77.0 Å². The standard InChI is InChI=1S/C29H23N3O3.C12H24O2.C3H6/c33-20-30-28-29(34)32(19-21-10-9-15-24(18-21)35-23-13-5-2-6-14-23)26-17-8-7-16-25(26)27(31-28)22-11-3-1-4-12-22;1-5-6-7-14-12(13)9-11(4)8-10(2)3;1-3-2/h1-18,20,28H,19H2,(H,30,33);10-11H,5-9H2,1-4H3;3H,1H2,2H3. The lowest BCUT2D eigenvalue weighted by molar-refractivity contribution is -0.144. The highest BCUT2D eigenvalue weighted by Crippen LogP contribution is 2.30. The van der Waals surface area contributed by atoms with Gasteiger partial charge in [0, 0.05) is 17.5 Å². The van der Waals surface area contributed by atoms with Crippen molar-refractivity contribution in [3.8, 4) is 11.5 Å². The summed E-state index contributed by atoms with van der Waals surface area (Å²) in [4.78, 5) is 42.6. The van der Waals surface area contributed by atoms with Crippen molar-refractivity contribution >= 4 is 29.7 Å². The molecule has 0 aromatic heterocycles. The molecule has 4 aromatic carbocycles. The molecular formula is C44H53N3O5. The smallest absolute Gasteiger partial charge is 0.306 e. The number of fused-ring (bicyclic) bond motifs is 1. The fourth-order valence-corrected chi connectivity index (χ4v) is 5.67. The van der Waals surface area contributed by atoms with E-state index >= 15 is 0 Å². The Morgan fingerprint density at radius 1 is 0.923 bits per heavy atom. The van der Waals surface area contributed by atoms with Gasteiger partial charge in [-0.2, -0.15) is 0 Å². The molecular weight excluding hydrogens is 651 g/mol. The minimum Gasteiger partial charge on any atom is -0.466 e. The molecule has 1 aliphatic heterocycles. The summed E-state index contributed by atoms with van der Waals surface area (Å²) in [6, 6.07) is 34.5. The second kappa shape index (κ2) is 22.3. The number of allylic oxidation sites excluding steroid dienone is 1. The summed E-state index contributed by atoms with van der Waals surface area (Å²) in [6.45, 7) is 14.7. The summed E-state index contributed by atoms with van der Waals surface area (Å²) < 4.78 is 11.1. The fourth-order valence-electron chi connectivity index (χ4n) is 5.67. The second-order valence-electron chi connectivity index (χ2n) is 13.0. The van der Waals surface area contributed by atoms with Crippen molar-refractivity contribution < 1.29 is 23.9 Å². The van der Waals surface area contributed by atoms with Crippen LogP contribution in [0.3, 0.4) is 0 Å². The van der Waals surface area contributed by atoms with Gasteiger partial charge in [0.1, 0.15) is 11.5 Å². The monoisotopic (exact) mass is 703 g/mol. The first kappa shape index (κ1) is 40.9. The predicted octanol–water partition coefficient (Wildman–Crippen LogP) is 9.53. The number of ether oxygens (including phenoxy) is 2. The summed E-state index contributed by atoms with van der Waals surface area (Å²) in [5.41, 5.74) is 3.95. The third kappa shape index (κ3) is 13.3. The molecule has 2 amide bonds. The number of unbranched alkanes of at least 4 members (excludes halogenated alkanes) is 1. The maximum Gasteiger partial charge on any atom is 0.306 e. The fraction of sp³-hybridized carbons (Fsp3) is 0.318. The maximum absolute atomic E-state index is 13.6. The lowest BCUT2D eigenvalue weighted by Gasteiger charge is -2.25. The molecule has 1 N–H and O–H groups in total. The molecule has 0 bridgehead atoms. The highest BCUT2D eigenvalue weighted by Gasteiger charge is 2.32. The Morgan fingerprint density at radius 3 is 2.21 bits per heavy atom. The number of anilines is 1. The van der Waals surface area contributed by atoms with Crippen LogP contribution in [0.2, 0.25) is 0 Å². The van der Waals surface area contributed by atoms with Crippen LogP contribution in [-0.2, 0) is 25.7 Å². The lowest BCUT2D eigenvalue weighted by atomic mass is 9.96. The number of hydrogen-bond acceptors (Lipinski definition) is 6. The van der Waals surface area contributed by atoms with E-state index in [0.29, 0.717) is 42.7 Å². The number of benzodiazepines with no additional fused rings is 1. The predicted molar refractivity (Wildman–Crippen MR) is 211 cm³/mol. The largest absolute Gasteiger partial charge is 0.466 e. The van der Waals surface area contributed by atoms with Gasteiger partial charge in [-0.1, -0.05) is 119 Å². The van der Waals surface area contributed by atoms with Crippen LogP contribution in [0, 0.1) is 11.8 Å². The Bertz CT molecular complexity index is 1720. The number of carbonyl (C=O) groups excluding carboxylic acids is 3. The molecule has 8 nitrogen and oxygen atoms in total. The molecule has 274 valence electrons. The van der Waals surface area contributed by atoms with Crippen LogP contribution in [-0.4, -0.2) is 36.8 Å². The van der Waals surface area contributed by atoms with Gasteiger partial charge < -0.3 is 19.7 Å². The number of rotatable bonds is 14. The van der Waals surface area contributed by atoms with Gasteiger partial charge in [-0.15, -0.1) is 6.58 Å². The summed E-state index contributed by atoms with van der Waals surface area (Å²) in [7, 11) is 0. The second-order valence-corrected chi connectivity index (χ2v) is 13.0. The van der Waals surface area contributed by atoms with Gasteiger partial charge in [-0.3, -0.25) is 14.4 Å². The Balaban J connectivity index is 0.000000361. The SMILES string of the molecule is C=CC.CCCCOC(=O)CC(C)CC(C)C.O=CNC1N=C(c2ccccc2)c2ccccc2N(Cc2cccc(Oc3ccccc3)c2)C1=O. The minimum absolute atomic E-state index is 0.0356. The van der Waals surface area contributed by atoms with Crippen molar-refractivity contribution in [3.05, 3.63) is 139 Å². The van der Waals surface area contributed by atoms with E-state index < -0.39 is 6.17 Å². The van der Waals surface area contributed by atoms with E-state index in [2.05, 4.69) is 44.6 Å². The number of para-hydroxylation sites is 2. The van der Waals surface area contributed by atoms with E-state index in [1.165, 1.54) is 0 Å². The van der Waals surface area contributed by atoms with Crippen LogP contribution in [0.4, 0.5) is 5.69 Å². The molecule has 1 heterocycles. The summed E-state index contributed by atoms with van der Waals surface area (Å²) >= 11 is 0. The van der Waals surface area contributed by atoms with Gasteiger partial charge in [0.05, 0.1) is 24.6 Å². The highest BCUT2D eigenvalue weighted by molar-refractivity contribution is 6.20. The average molecular weight is 704 g/mol. The number of amides is 2. The van der Waals surface area contributed by atoms with E-state index in [1.54, 1.807) is 11.0 Å². The van der Waals surface area contributed by atoms with Gasteiger partial charge in [-0.25, -0.2) is 4.99 Å². The van der Waals surface area contributed by atoms with E-state index in [4.69, 9.17) is 9.47 Å². The summed E-state index contributed by atoms with van der Waals surface area (Å²) in [5.74, 6) is 2.17. The number of aliphatic imine (C=N–C) groups is 1. The molecule has 1 aliphatic rings. The van der Waals surface area contributed by atoms with Gasteiger partial charge in [-0.05, 0) is 67.5 Å².